The van der Waals surface area contributed by atoms with E-state index in [0.29, 0.717) is 11.7 Å². The van der Waals surface area contributed by atoms with Crippen molar-refractivity contribution in [3.8, 4) is 0 Å². The van der Waals surface area contributed by atoms with E-state index in [0.717, 1.165) is 11.3 Å². The fraction of sp³-hybridized carbons (Fsp3) is 0.273. The van der Waals surface area contributed by atoms with Gasteiger partial charge in [-0.3, -0.25) is 4.79 Å². The molecule has 0 aliphatic heterocycles. The van der Waals surface area contributed by atoms with Crippen molar-refractivity contribution >= 4 is 29.0 Å². The maximum atomic E-state index is 10.6. The van der Waals surface area contributed by atoms with Crippen molar-refractivity contribution in [1.29, 1.82) is 0 Å². The van der Waals surface area contributed by atoms with Crippen LogP contribution in [0.4, 0.5) is 5.69 Å². The van der Waals surface area contributed by atoms with Crippen molar-refractivity contribution in [1.82, 2.24) is 5.32 Å². The van der Waals surface area contributed by atoms with Crippen molar-refractivity contribution in [3.63, 3.8) is 0 Å². The second-order valence-corrected chi connectivity index (χ2v) is 3.59. The predicted octanol–water partition coefficient (Wildman–Crippen LogP) is 1.67. The molecule has 0 radical (unpaired) electrons. The predicted molar refractivity (Wildman–Crippen MR) is 67.2 cm³/mol. The van der Waals surface area contributed by atoms with Gasteiger partial charge >= 0.3 is 5.97 Å². The third-order valence-electron chi connectivity index (χ3n) is 1.88. The number of carbonyl (C=O) groups excluding carboxylic acids is 1. The van der Waals surface area contributed by atoms with Crippen molar-refractivity contribution in [3.05, 3.63) is 29.8 Å². The molecule has 0 aliphatic carbocycles. The van der Waals surface area contributed by atoms with Gasteiger partial charge in [-0.15, -0.1) is 0 Å². The van der Waals surface area contributed by atoms with Gasteiger partial charge in [0.15, 0.2) is 5.11 Å². The summed E-state index contributed by atoms with van der Waals surface area (Å²) >= 11 is 4.96. The summed E-state index contributed by atoms with van der Waals surface area (Å²) in [4.78, 5) is 10.6. The second kappa shape index (κ2) is 6.07. The molecule has 0 heterocycles. The molecule has 0 saturated carbocycles. The van der Waals surface area contributed by atoms with Crippen molar-refractivity contribution in [2.45, 2.75) is 13.5 Å². The summed E-state index contributed by atoms with van der Waals surface area (Å²) < 4.78 is 4.87. The van der Waals surface area contributed by atoms with E-state index < -0.39 is 0 Å². The molecule has 0 spiro atoms. The highest BCUT2D eigenvalue weighted by molar-refractivity contribution is 7.80. The minimum atomic E-state index is -0.279. The SMILES string of the molecule is CNC(=S)Nc1ccc(COC(C)=O)cc1. The average molecular weight is 238 g/mol. The maximum Gasteiger partial charge on any atom is 0.302 e. The summed E-state index contributed by atoms with van der Waals surface area (Å²) in [5, 5.41) is 6.38. The number of hydrogen-bond donors (Lipinski definition) is 2. The number of benzene rings is 1. The summed E-state index contributed by atoms with van der Waals surface area (Å²) in [6, 6.07) is 7.51. The van der Waals surface area contributed by atoms with Crippen LogP contribution in [0.2, 0.25) is 0 Å². The molecule has 0 bridgehead atoms. The largest absolute Gasteiger partial charge is 0.461 e. The number of thiocarbonyl (C=S) groups is 1. The van der Waals surface area contributed by atoms with Gasteiger partial charge in [-0.2, -0.15) is 0 Å². The molecule has 16 heavy (non-hydrogen) atoms. The lowest BCUT2D eigenvalue weighted by Crippen LogP contribution is -2.24. The highest BCUT2D eigenvalue weighted by Gasteiger charge is 1.98. The first-order chi connectivity index (χ1) is 7.61. The molecule has 2 N–H and O–H groups in total. The summed E-state index contributed by atoms with van der Waals surface area (Å²) in [6.07, 6.45) is 0. The van der Waals surface area contributed by atoms with Crippen LogP contribution in [0.5, 0.6) is 0 Å². The Bertz CT molecular complexity index is 376. The van der Waals surface area contributed by atoms with E-state index in [2.05, 4.69) is 10.6 Å². The summed E-state index contributed by atoms with van der Waals surface area (Å²) in [7, 11) is 1.75. The van der Waals surface area contributed by atoms with Crippen LogP contribution in [0.3, 0.4) is 0 Å². The Hall–Kier alpha value is -1.62. The van der Waals surface area contributed by atoms with Gasteiger partial charge in [0.1, 0.15) is 6.61 Å². The lowest BCUT2D eigenvalue weighted by atomic mass is 10.2. The smallest absolute Gasteiger partial charge is 0.302 e. The van der Waals surface area contributed by atoms with Gasteiger partial charge in [-0.05, 0) is 29.9 Å². The molecule has 0 unspecified atom stereocenters. The van der Waals surface area contributed by atoms with Crippen LogP contribution in [0.25, 0.3) is 0 Å². The fourth-order valence-electron chi connectivity index (χ4n) is 1.06. The van der Waals surface area contributed by atoms with Crippen LogP contribution in [0, 0.1) is 0 Å². The molecule has 0 aliphatic rings. The average Bonchev–Trinajstić information content (AvgIpc) is 2.28. The second-order valence-electron chi connectivity index (χ2n) is 3.18. The molecule has 4 nitrogen and oxygen atoms in total. The number of anilines is 1. The molecule has 5 heteroatoms. The van der Waals surface area contributed by atoms with Gasteiger partial charge in [0.05, 0.1) is 0 Å². The zero-order chi connectivity index (χ0) is 12.0. The summed E-state index contributed by atoms with van der Waals surface area (Å²) in [6.45, 7) is 1.69. The van der Waals surface area contributed by atoms with E-state index in [-0.39, 0.29) is 5.97 Å². The normalized spacial score (nSPS) is 9.38. The monoisotopic (exact) mass is 238 g/mol. The molecule has 0 fully saturated rings. The third-order valence-corrected chi connectivity index (χ3v) is 2.19. The number of esters is 1. The van der Waals surface area contributed by atoms with Crippen LogP contribution in [-0.4, -0.2) is 18.1 Å². The van der Waals surface area contributed by atoms with Gasteiger partial charge in [-0.25, -0.2) is 0 Å². The molecule has 86 valence electrons. The van der Waals surface area contributed by atoms with Crippen LogP contribution >= 0.6 is 12.2 Å². The van der Waals surface area contributed by atoms with Crippen molar-refractivity contribution < 1.29 is 9.53 Å². The maximum absolute atomic E-state index is 10.6. The van der Waals surface area contributed by atoms with E-state index in [1.54, 1.807) is 7.05 Å². The Kier molecular flexibility index (Phi) is 4.72. The Morgan fingerprint density at radius 3 is 2.50 bits per heavy atom. The van der Waals surface area contributed by atoms with Gasteiger partial charge in [0.25, 0.3) is 0 Å². The number of nitrogens with one attached hydrogen (secondary N) is 2. The van der Waals surface area contributed by atoms with E-state index in [9.17, 15) is 4.79 Å². The lowest BCUT2D eigenvalue weighted by molar-refractivity contribution is -0.142. The number of carbonyl (C=O) groups is 1. The third kappa shape index (κ3) is 4.27. The zero-order valence-electron chi connectivity index (χ0n) is 9.24. The highest BCUT2D eigenvalue weighted by Crippen LogP contribution is 2.10. The summed E-state index contributed by atoms with van der Waals surface area (Å²) in [5.41, 5.74) is 1.84. The number of hydrogen-bond acceptors (Lipinski definition) is 3. The number of rotatable bonds is 3. The topological polar surface area (TPSA) is 50.4 Å². The van der Waals surface area contributed by atoms with Gasteiger partial charge in [0.2, 0.25) is 0 Å². The van der Waals surface area contributed by atoms with Crippen molar-refractivity contribution in [2.24, 2.45) is 0 Å². The van der Waals surface area contributed by atoms with E-state index in [1.807, 2.05) is 24.3 Å². The first-order valence-electron chi connectivity index (χ1n) is 4.83. The van der Waals surface area contributed by atoms with E-state index in [4.69, 9.17) is 17.0 Å². The molecular weight excluding hydrogens is 224 g/mol. The lowest BCUT2D eigenvalue weighted by Gasteiger charge is -2.07. The minimum absolute atomic E-state index is 0.279. The van der Waals surface area contributed by atoms with Crippen molar-refractivity contribution in [2.75, 3.05) is 12.4 Å². The Labute approximate surface area is 100.0 Å². The Morgan fingerprint density at radius 2 is 2.00 bits per heavy atom. The Morgan fingerprint density at radius 1 is 1.38 bits per heavy atom. The zero-order valence-corrected chi connectivity index (χ0v) is 10.1. The molecule has 0 atom stereocenters. The standard InChI is InChI=1S/C11H14N2O2S/c1-8(14)15-7-9-3-5-10(6-4-9)13-11(16)12-2/h3-6H,7H2,1-2H3,(H2,12,13,16). The van der Waals surface area contributed by atoms with Crippen LogP contribution < -0.4 is 10.6 Å². The Balaban J connectivity index is 2.54. The first kappa shape index (κ1) is 12.4. The minimum Gasteiger partial charge on any atom is -0.461 e. The fourth-order valence-corrected chi connectivity index (χ4v) is 1.18. The molecule has 1 rings (SSSR count). The molecule has 1 aromatic carbocycles. The first-order valence-corrected chi connectivity index (χ1v) is 5.23. The van der Waals surface area contributed by atoms with Gasteiger partial charge in [0, 0.05) is 19.7 Å². The van der Waals surface area contributed by atoms with Crippen LogP contribution in [0.1, 0.15) is 12.5 Å². The summed E-state index contributed by atoms with van der Waals surface area (Å²) in [5.74, 6) is -0.279. The van der Waals surface area contributed by atoms with Crippen LogP contribution in [0.15, 0.2) is 24.3 Å². The molecule has 0 amide bonds. The molecular formula is C11H14N2O2S. The van der Waals surface area contributed by atoms with Gasteiger partial charge in [-0.1, -0.05) is 12.1 Å². The van der Waals surface area contributed by atoms with Crippen LogP contribution in [-0.2, 0) is 16.1 Å². The molecule has 1 aromatic rings. The highest BCUT2D eigenvalue weighted by atomic mass is 32.1. The van der Waals surface area contributed by atoms with E-state index in [1.165, 1.54) is 6.92 Å². The molecule has 0 aromatic heterocycles. The quantitative estimate of drug-likeness (QED) is 0.619. The van der Waals surface area contributed by atoms with E-state index >= 15 is 0 Å². The van der Waals surface area contributed by atoms with Gasteiger partial charge < -0.3 is 15.4 Å². The molecule has 0 saturated heterocycles. The number of ether oxygens (including phenoxy) is 1.